The van der Waals surface area contributed by atoms with E-state index in [2.05, 4.69) is 37.2 Å². The highest BCUT2D eigenvalue weighted by atomic mass is 79.9. The molecule has 0 radical (unpaired) electrons. The van der Waals surface area contributed by atoms with E-state index < -0.39 is 0 Å². The molecule has 0 bridgehead atoms. The van der Waals surface area contributed by atoms with Crippen molar-refractivity contribution in [3.63, 3.8) is 0 Å². The number of benzene rings is 2. The summed E-state index contributed by atoms with van der Waals surface area (Å²) in [5, 5.41) is 3.33. The van der Waals surface area contributed by atoms with Gasteiger partial charge in [0.1, 0.15) is 11.6 Å². The molecular weight excluding hydrogens is 401 g/mol. The van der Waals surface area contributed by atoms with Crippen LogP contribution in [-0.4, -0.2) is 7.11 Å². The van der Waals surface area contributed by atoms with Crippen LogP contribution in [0.5, 0.6) is 5.75 Å². The van der Waals surface area contributed by atoms with Gasteiger partial charge in [0.05, 0.1) is 18.8 Å². The Bertz CT molecular complexity index is 661. The molecule has 0 amide bonds. The van der Waals surface area contributed by atoms with Gasteiger partial charge in [-0.3, -0.25) is 0 Å². The lowest BCUT2D eigenvalue weighted by atomic mass is 10.1. The Morgan fingerprint density at radius 2 is 1.86 bits per heavy atom. The van der Waals surface area contributed by atoms with E-state index in [9.17, 15) is 4.39 Å². The lowest BCUT2D eigenvalue weighted by Gasteiger charge is -2.21. The molecule has 2 nitrogen and oxygen atoms in total. The third kappa shape index (κ3) is 3.77. The Kier molecular flexibility index (Phi) is 5.27. The molecule has 2 aromatic carbocycles. The molecule has 21 heavy (non-hydrogen) atoms. The average Bonchev–Trinajstić information content (AvgIpc) is 2.43. The fourth-order valence-corrected chi connectivity index (χ4v) is 3.13. The zero-order valence-corrected chi connectivity index (χ0v) is 15.2. The maximum atomic E-state index is 14.0. The molecule has 5 heteroatoms. The van der Waals surface area contributed by atoms with Crippen LogP contribution in [0.25, 0.3) is 0 Å². The number of rotatable bonds is 4. The number of hydrogen-bond donors (Lipinski definition) is 1. The van der Waals surface area contributed by atoms with E-state index in [-0.39, 0.29) is 11.9 Å². The van der Waals surface area contributed by atoms with E-state index in [4.69, 9.17) is 4.74 Å². The van der Waals surface area contributed by atoms with Gasteiger partial charge in [0, 0.05) is 14.5 Å². The first kappa shape index (κ1) is 16.3. The normalized spacial score (nSPS) is 12.1. The first-order chi connectivity index (χ1) is 9.92. The third-order valence-corrected chi connectivity index (χ3v) is 4.22. The Labute approximate surface area is 141 Å². The van der Waals surface area contributed by atoms with Crippen LogP contribution in [0.4, 0.5) is 10.1 Å². The quantitative estimate of drug-likeness (QED) is 0.675. The minimum atomic E-state index is -0.230. The van der Waals surface area contributed by atoms with Gasteiger partial charge in [-0.25, -0.2) is 4.39 Å². The van der Waals surface area contributed by atoms with Gasteiger partial charge >= 0.3 is 0 Å². The van der Waals surface area contributed by atoms with Crippen LogP contribution in [0.1, 0.15) is 24.1 Å². The molecule has 0 saturated heterocycles. The standard InChI is InChI=1S/C16H16Br2FNO/c1-9-6-12(18)8-15(21-3)16(9)20-10(2)13-7-11(17)4-5-14(13)19/h4-8,10,20H,1-3H3. The van der Waals surface area contributed by atoms with Crippen molar-refractivity contribution in [2.75, 3.05) is 12.4 Å². The van der Waals surface area contributed by atoms with E-state index >= 15 is 0 Å². The lowest BCUT2D eigenvalue weighted by molar-refractivity contribution is 0.415. The van der Waals surface area contributed by atoms with Crippen molar-refractivity contribution < 1.29 is 9.13 Å². The molecule has 0 aliphatic rings. The summed E-state index contributed by atoms with van der Waals surface area (Å²) in [5.41, 5.74) is 2.50. The molecule has 0 aliphatic carbocycles. The second-order valence-corrected chi connectivity index (χ2v) is 6.66. The number of aryl methyl sites for hydroxylation is 1. The maximum absolute atomic E-state index is 14.0. The Morgan fingerprint density at radius 3 is 2.52 bits per heavy atom. The molecule has 0 heterocycles. The van der Waals surface area contributed by atoms with Crippen molar-refractivity contribution in [1.29, 1.82) is 0 Å². The van der Waals surface area contributed by atoms with E-state index in [0.717, 1.165) is 25.9 Å². The predicted octanol–water partition coefficient (Wildman–Crippen LogP) is 5.84. The number of anilines is 1. The number of hydrogen-bond acceptors (Lipinski definition) is 2. The maximum Gasteiger partial charge on any atom is 0.143 e. The van der Waals surface area contributed by atoms with E-state index in [1.807, 2.05) is 26.0 Å². The third-order valence-electron chi connectivity index (χ3n) is 3.27. The van der Waals surface area contributed by atoms with Crippen molar-refractivity contribution in [3.05, 3.63) is 56.2 Å². The zero-order chi connectivity index (χ0) is 15.6. The molecule has 0 fully saturated rings. The van der Waals surface area contributed by atoms with Gasteiger partial charge in [0.2, 0.25) is 0 Å². The highest BCUT2D eigenvalue weighted by molar-refractivity contribution is 9.10. The minimum absolute atomic E-state index is 0.184. The van der Waals surface area contributed by atoms with Gasteiger partial charge in [-0.2, -0.15) is 0 Å². The first-order valence-electron chi connectivity index (χ1n) is 6.48. The SMILES string of the molecule is COc1cc(Br)cc(C)c1NC(C)c1cc(Br)ccc1F. The van der Waals surface area contributed by atoms with Gasteiger partial charge in [-0.15, -0.1) is 0 Å². The van der Waals surface area contributed by atoms with Crippen molar-refractivity contribution in [3.8, 4) is 5.75 Å². The Morgan fingerprint density at radius 1 is 1.14 bits per heavy atom. The van der Waals surface area contributed by atoms with E-state index in [1.54, 1.807) is 19.2 Å². The summed E-state index contributed by atoms with van der Waals surface area (Å²) in [6, 6.07) is 8.64. The van der Waals surface area contributed by atoms with Crippen molar-refractivity contribution in [2.45, 2.75) is 19.9 Å². The van der Waals surface area contributed by atoms with Crippen LogP contribution >= 0.6 is 31.9 Å². The number of halogens is 3. The van der Waals surface area contributed by atoms with Gasteiger partial charge in [0.15, 0.2) is 0 Å². The molecule has 1 unspecified atom stereocenters. The van der Waals surface area contributed by atoms with Crippen molar-refractivity contribution in [2.24, 2.45) is 0 Å². The molecule has 0 saturated carbocycles. The molecule has 0 spiro atoms. The fraction of sp³-hybridized carbons (Fsp3) is 0.250. The monoisotopic (exact) mass is 415 g/mol. The van der Waals surface area contributed by atoms with Crippen LogP contribution < -0.4 is 10.1 Å². The van der Waals surface area contributed by atoms with Crippen LogP contribution in [0.3, 0.4) is 0 Å². The Hall–Kier alpha value is -1.07. The van der Waals surface area contributed by atoms with E-state index in [0.29, 0.717) is 5.56 Å². The molecule has 0 aromatic heterocycles. The summed E-state index contributed by atoms with van der Waals surface area (Å²) >= 11 is 6.82. The molecule has 1 atom stereocenters. The summed E-state index contributed by atoms with van der Waals surface area (Å²) in [5.74, 6) is 0.496. The van der Waals surface area contributed by atoms with Gasteiger partial charge in [0.25, 0.3) is 0 Å². The fourth-order valence-electron chi connectivity index (χ4n) is 2.20. The lowest BCUT2D eigenvalue weighted by Crippen LogP contribution is -2.10. The summed E-state index contributed by atoms with van der Waals surface area (Å²) in [6.07, 6.45) is 0. The summed E-state index contributed by atoms with van der Waals surface area (Å²) < 4.78 is 21.2. The molecular formula is C16H16Br2FNO. The molecule has 112 valence electrons. The number of methoxy groups -OCH3 is 1. The number of nitrogens with one attached hydrogen (secondary N) is 1. The van der Waals surface area contributed by atoms with Crippen LogP contribution in [-0.2, 0) is 0 Å². The first-order valence-corrected chi connectivity index (χ1v) is 8.06. The summed E-state index contributed by atoms with van der Waals surface area (Å²) in [6.45, 7) is 3.91. The van der Waals surface area contributed by atoms with Gasteiger partial charge in [-0.05, 0) is 49.7 Å². The molecule has 2 rings (SSSR count). The molecule has 0 aliphatic heterocycles. The van der Waals surface area contributed by atoms with Crippen LogP contribution in [0.15, 0.2) is 39.3 Å². The van der Waals surface area contributed by atoms with Crippen molar-refractivity contribution in [1.82, 2.24) is 0 Å². The average molecular weight is 417 g/mol. The number of ether oxygens (including phenoxy) is 1. The highest BCUT2D eigenvalue weighted by Gasteiger charge is 2.15. The topological polar surface area (TPSA) is 21.3 Å². The largest absolute Gasteiger partial charge is 0.495 e. The molecule has 2 aromatic rings. The second-order valence-electron chi connectivity index (χ2n) is 4.83. The second kappa shape index (κ2) is 6.79. The highest BCUT2D eigenvalue weighted by Crippen LogP contribution is 2.35. The van der Waals surface area contributed by atoms with Gasteiger partial charge in [-0.1, -0.05) is 31.9 Å². The summed E-state index contributed by atoms with van der Waals surface area (Å²) in [7, 11) is 1.62. The predicted molar refractivity (Wildman–Crippen MR) is 91.6 cm³/mol. The van der Waals surface area contributed by atoms with Crippen molar-refractivity contribution >= 4 is 37.5 Å². The van der Waals surface area contributed by atoms with Gasteiger partial charge < -0.3 is 10.1 Å². The smallest absolute Gasteiger partial charge is 0.143 e. The minimum Gasteiger partial charge on any atom is -0.495 e. The molecule has 1 N–H and O–H groups in total. The zero-order valence-electron chi connectivity index (χ0n) is 12.0. The summed E-state index contributed by atoms with van der Waals surface area (Å²) in [4.78, 5) is 0. The van der Waals surface area contributed by atoms with E-state index in [1.165, 1.54) is 6.07 Å². The Balaban J connectivity index is 2.35. The van der Waals surface area contributed by atoms with Crippen LogP contribution in [0, 0.1) is 12.7 Å². The van der Waals surface area contributed by atoms with Crippen LogP contribution in [0.2, 0.25) is 0 Å².